The van der Waals surface area contributed by atoms with Crippen LogP contribution in [0.1, 0.15) is 5.82 Å². The summed E-state index contributed by atoms with van der Waals surface area (Å²) in [6, 6.07) is 0. The summed E-state index contributed by atoms with van der Waals surface area (Å²) in [5.74, 6) is 0.632. The van der Waals surface area contributed by atoms with Gasteiger partial charge in [-0.15, -0.1) is 0 Å². The molecule has 0 saturated heterocycles. The molecule has 74 valence electrons. The fourth-order valence-electron chi connectivity index (χ4n) is 1.02. The van der Waals surface area contributed by atoms with Gasteiger partial charge in [-0.2, -0.15) is 0 Å². The lowest BCUT2D eigenvalue weighted by Crippen LogP contribution is -2.10. The summed E-state index contributed by atoms with van der Waals surface area (Å²) in [4.78, 5) is 3.94. The molecule has 0 fully saturated rings. The molecule has 1 aromatic rings. The van der Waals surface area contributed by atoms with Gasteiger partial charge in [0.2, 0.25) is 0 Å². The molecule has 0 saturated carbocycles. The minimum Gasteiger partial charge on any atom is -0.394 e. The topological polar surface area (TPSA) is 67.5 Å². The second-order valence-corrected chi connectivity index (χ2v) is 2.53. The predicted molar refractivity (Wildman–Crippen MR) is 46.1 cm³/mol. The largest absolute Gasteiger partial charge is 0.394 e. The number of aliphatic hydroxyl groups excluding tert-OH is 2. The Balaban J connectivity index is 2.27. The molecule has 0 radical (unpaired) electrons. The van der Waals surface area contributed by atoms with Crippen LogP contribution in [0.15, 0.2) is 12.4 Å². The van der Waals surface area contributed by atoms with Crippen molar-refractivity contribution in [1.29, 1.82) is 0 Å². The van der Waals surface area contributed by atoms with Crippen molar-refractivity contribution in [2.24, 2.45) is 0 Å². The van der Waals surface area contributed by atoms with Crippen molar-refractivity contribution in [3.05, 3.63) is 18.2 Å². The Morgan fingerprint density at radius 1 is 1.38 bits per heavy atom. The summed E-state index contributed by atoms with van der Waals surface area (Å²) in [7, 11) is 0. The van der Waals surface area contributed by atoms with Crippen molar-refractivity contribution in [2.45, 2.75) is 13.2 Å². The van der Waals surface area contributed by atoms with Gasteiger partial charge in [0.1, 0.15) is 12.4 Å². The van der Waals surface area contributed by atoms with E-state index in [2.05, 4.69) is 4.98 Å². The van der Waals surface area contributed by atoms with Crippen molar-refractivity contribution < 1.29 is 14.9 Å². The van der Waals surface area contributed by atoms with E-state index >= 15 is 0 Å². The Hall–Kier alpha value is -0.910. The van der Waals surface area contributed by atoms with E-state index in [-0.39, 0.29) is 13.2 Å². The van der Waals surface area contributed by atoms with Crippen molar-refractivity contribution >= 4 is 0 Å². The first-order chi connectivity index (χ1) is 6.38. The maximum Gasteiger partial charge on any atom is 0.134 e. The minimum absolute atomic E-state index is 0.0385. The Labute approximate surface area is 76.6 Å². The van der Waals surface area contributed by atoms with Gasteiger partial charge in [0.15, 0.2) is 0 Å². The first-order valence-corrected chi connectivity index (χ1v) is 4.18. The molecule has 13 heavy (non-hydrogen) atoms. The summed E-state index contributed by atoms with van der Waals surface area (Å²) in [6.45, 7) is 1.49. The molecule has 0 aromatic carbocycles. The van der Waals surface area contributed by atoms with E-state index < -0.39 is 0 Å². The summed E-state index contributed by atoms with van der Waals surface area (Å²) in [6.07, 6.45) is 3.42. The number of hydrogen-bond donors (Lipinski definition) is 2. The molecule has 5 heteroatoms. The van der Waals surface area contributed by atoms with Gasteiger partial charge in [-0.1, -0.05) is 0 Å². The Bertz CT molecular complexity index is 237. The van der Waals surface area contributed by atoms with E-state index in [1.807, 2.05) is 4.57 Å². The summed E-state index contributed by atoms with van der Waals surface area (Å²) in [5.41, 5.74) is 0. The molecule has 5 nitrogen and oxygen atoms in total. The highest BCUT2D eigenvalue weighted by molar-refractivity contribution is 4.89. The highest BCUT2D eigenvalue weighted by atomic mass is 16.5. The van der Waals surface area contributed by atoms with Crippen LogP contribution in [0.3, 0.4) is 0 Å². The van der Waals surface area contributed by atoms with Gasteiger partial charge in [-0.25, -0.2) is 4.98 Å². The summed E-state index contributed by atoms with van der Waals surface area (Å²) in [5, 5.41) is 17.3. The van der Waals surface area contributed by atoms with Crippen molar-refractivity contribution in [3.63, 3.8) is 0 Å². The summed E-state index contributed by atoms with van der Waals surface area (Å²) < 4.78 is 6.89. The third kappa shape index (κ3) is 3.14. The maximum atomic E-state index is 8.85. The Morgan fingerprint density at radius 2 is 2.23 bits per heavy atom. The standard InChI is InChI=1S/C8H14N2O3/c11-4-6-13-5-3-10-2-1-9-8(10)7-12/h1-2,11-12H,3-7H2. The molecule has 2 N–H and O–H groups in total. The van der Waals surface area contributed by atoms with E-state index in [4.69, 9.17) is 14.9 Å². The molecule has 0 atom stereocenters. The molecule has 0 amide bonds. The second-order valence-electron chi connectivity index (χ2n) is 2.53. The normalized spacial score (nSPS) is 10.6. The zero-order chi connectivity index (χ0) is 9.52. The fraction of sp³-hybridized carbons (Fsp3) is 0.625. The molecule has 1 aromatic heterocycles. The van der Waals surface area contributed by atoms with Crippen molar-refractivity contribution in [2.75, 3.05) is 19.8 Å². The third-order valence-corrected chi connectivity index (χ3v) is 1.66. The number of ether oxygens (including phenoxy) is 1. The molecule has 0 aliphatic rings. The lowest BCUT2D eigenvalue weighted by atomic mass is 10.6. The third-order valence-electron chi connectivity index (χ3n) is 1.66. The molecular weight excluding hydrogens is 172 g/mol. The molecule has 0 unspecified atom stereocenters. The van der Waals surface area contributed by atoms with E-state index in [1.54, 1.807) is 12.4 Å². The molecule has 0 aliphatic heterocycles. The molecule has 0 spiro atoms. The van der Waals surface area contributed by atoms with Crippen LogP contribution in [0.5, 0.6) is 0 Å². The molecule has 1 rings (SSSR count). The van der Waals surface area contributed by atoms with Crippen molar-refractivity contribution in [1.82, 2.24) is 9.55 Å². The number of aromatic nitrogens is 2. The van der Waals surface area contributed by atoms with E-state index in [0.29, 0.717) is 25.6 Å². The van der Waals surface area contributed by atoms with Gasteiger partial charge in [-0.3, -0.25) is 0 Å². The SMILES string of the molecule is OCCOCCn1ccnc1CO. The molecule has 0 aliphatic carbocycles. The van der Waals surface area contributed by atoms with Crippen LogP contribution in [-0.2, 0) is 17.9 Å². The van der Waals surface area contributed by atoms with Gasteiger partial charge in [-0.05, 0) is 0 Å². The lowest BCUT2D eigenvalue weighted by molar-refractivity contribution is 0.0859. The van der Waals surface area contributed by atoms with E-state index in [9.17, 15) is 0 Å². The smallest absolute Gasteiger partial charge is 0.134 e. The number of nitrogens with zero attached hydrogens (tertiary/aromatic N) is 2. The minimum atomic E-state index is -0.0625. The van der Waals surface area contributed by atoms with Gasteiger partial charge in [0, 0.05) is 18.9 Å². The quantitative estimate of drug-likeness (QED) is 0.581. The van der Waals surface area contributed by atoms with Crippen LogP contribution in [0.2, 0.25) is 0 Å². The zero-order valence-corrected chi connectivity index (χ0v) is 7.39. The first-order valence-electron chi connectivity index (χ1n) is 4.18. The number of aliphatic hydroxyl groups is 2. The number of rotatable bonds is 6. The second kappa shape index (κ2) is 5.69. The fourth-order valence-corrected chi connectivity index (χ4v) is 1.02. The zero-order valence-electron chi connectivity index (χ0n) is 7.39. The average molecular weight is 186 g/mol. The molecule has 1 heterocycles. The van der Waals surface area contributed by atoms with E-state index in [0.717, 1.165) is 0 Å². The number of hydrogen-bond acceptors (Lipinski definition) is 4. The van der Waals surface area contributed by atoms with Crippen LogP contribution in [0.25, 0.3) is 0 Å². The monoisotopic (exact) mass is 186 g/mol. The van der Waals surface area contributed by atoms with E-state index in [1.165, 1.54) is 0 Å². The maximum absolute atomic E-state index is 8.85. The summed E-state index contributed by atoms with van der Waals surface area (Å²) >= 11 is 0. The molecular formula is C8H14N2O3. The van der Waals surface area contributed by atoms with Crippen LogP contribution in [0, 0.1) is 0 Å². The van der Waals surface area contributed by atoms with Crippen LogP contribution in [-0.4, -0.2) is 39.6 Å². The van der Waals surface area contributed by atoms with Crippen LogP contribution < -0.4 is 0 Å². The Kier molecular flexibility index (Phi) is 4.45. The van der Waals surface area contributed by atoms with Crippen LogP contribution >= 0.6 is 0 Å². The Morgan fingerprint density at radius 3 is 2.92 bits per heavy atom. The lowest BCUT2D eigenvalue weighted by Gasteiger charge is -2.05. The van der Waals surface area contributed by atoms with Gasteiger partial charge < -0.3 is 19.5 Å². The highest BCUT2D eigenvalue weighted by Crippen LogP contribution is 1.96. The number of imidazole rings is 1. The highest BCUT2D eigenvalue weighted by Gasteiger charge is 1.99. The van der Waals surface area contributed by atoms with Gasteiger partial charge in [0.25, 0.3) is 0 Å². The van der Waals surface area contributed by atoms with Gasteiger partial charge in [0.05, 0.1) is 19.8 Å². The molecule has 0 bridgehead atoms. The predicted octanol–water partition coefficient (Wildman–Crippen LogP) is -0.616. The van der Waals surface area contributed by atoms with Gasteiger partial charge >= 0.3 is 0 Å². The average Bonchev–Trinajstić information content (AvgIpc) is 2.60. The van der Waals surface area contributed by atoms with Crippen LogP contribution in [0.4, 0.5) is 0 Å². The first kappa shape index (κ1) is 10.2. The van der Waals surface area contributed by atoms with Crippen molar-refractivity contribution in [3.8, 4) is 0 Å².